The topological polar surface area (TPSA) is 30.5 Å². The molecular formula is C18H21NO2. The van der Waals surface area contributed by atoms with Gasteiger partial charge in [-0.1, -0.05) is 25.1 Å². The molecular weight excluding hydrogens is 262 g/mol. The Kier molecular flexibility index (Phi) is 3.74. The fourth-order valence-electron chi connectivity index (χ4n) is 3.07. The van der Waals surface area contributed by atoms with Crippen molar-refractivity contribution in [3.05, 3.63) is 53.6 Å². The van der Waals surface area contributed by atoms with Crippen LogP contribution in [0.1, 0.15) is 24.1 Å². The SMILES string of the molecule is COc1ccc(C2Nc3ccccc3CC2C)c(OC)c1. The molecule has 0 saturated heterocycles. The van der Waals surface area contributed by atoms with Crippen LogP contribution in [0, 0.1) is 5.92 Å². The van der Waals surface area contributed by atoms with Crippen molar-refractivity contribution in [2.24, 2.45) is 5.92 Å². The zero-order valence-corrected chi connectivity index (χ0v) is 12.7. The second kappa shape index (κ2) is 5.68. The molecule has 0 aromatic heterocycles. The third kappa shape index (κ3) is 2.56. The monoisotopic (exact) mass is 283 g/mol. The summed E-state index contributed by atoms with van der Waals surface area (Å²) in [4.78, 5) is 0. The molecule has 1 aliphatic rings. The van der Waals surface area contributed by atoms with Crippen LogP contribution in [0.2, 0.25) is 0 Å². The Labute approximate surface area is 125 Å². The summed E-state index contributed by atoms with van der Waals surface area (Å²) in [6.45, 7) is 2.28. The lowest BCUT2D eigenvalue weighted by atomic mass is 9.84. The molecule has 0 spiro atoms. The van der Waals surface area contributed by atoms with Gasteiger partial charge in [0.15, 0.2) is 0 Å². The quantitative estimate of drug-likeness (QED) is 0.922. The Morgan fingerprint density at radius 3 is 2.62 bits per heavy atom. The smallest absolute Gasteiger partial charge is 0.127 e. The minimum Gasteiger partial charge on any atom is -0.497 e. The molecule has 2 aromatic rings. The fraction of sp³-hybridized carbons (Fsp3) is 0.333. The van der Waals surface area contributed by atoms with E-state index >= 15 is 0 Å². The van der Waals surface area contributed by atoms with Gasteiger partial charge in [0, 0.05) is 17.3 Å². The molecule has 1 N–H and O–H groups in total. The van der Waals surface area contributed by atoms with Gasteiger partial charge in [-0.2, -0.15) is 0 Å². The largest absolute Gasteiger partial charge is 0.497 e. The van der Waals surface area contributed by atoms with Gasteiger partial charge < -0.3 is 14.8 Å². The van der Waals surface area contributed by atoms with Crippen molar-refractivity contribution in [1.29, 1.82) is 0 Å². The van der Waals surface area contributed by atoms with Crippen LogP contribution in [0.15, 0.2) is 42.5 Å². The van der Waals surface area contributed by atoms with Crippen molar-refractivity contribution < 1.29 is 9.47 Å². The van der Waals surface area contributed by atoms with Crippen molar-refractivity contribution >= 4 is 5.69 Å². The molecule has 0 aliphatic carbocycles. The van der Waals surface area contributed by atoms with E-state index in [0.29, 0.717) is 5.92 Å². The second-order valence-corrected chi connectivity index (χ2v) is 5.57. The maximum absolute atomic E-state index is 5.56. The number of para-hydroxylation sites is 1. The van der Waals surface area contributed by atoms with E-state index in [0.717, 1.165) is 17.9 Å². The van der Waals surface area contributed by atoms with E-state index in [9.17, 15) is 0 Å². The third-order valence-electron chi connectivity index (χ3n) is 4.21. The van der Waals surface area contributed by atoms with Gasteiger partial charge in [0.2, 0.25) is 0 Å². The van der Waals surface area contributed by atoms with Gasteiger partial charge in [-0.05, 0) is 36.1 Å². The van der Waals surface area contributed by atoms with E-state index in [-0.39, 0.29) is 6.04 Å². The summed E-state index contributed by atoms with van der Waals surface area (Å²) in [7, 11) is 3.38. The van der Waals surface area contributed by atoms with Crippen molar-refractivity contribution in [3.8, 4) is 11.5 Å². The van der Waals surface area contributed by atoms with Gasteiger partial charge in [0.1, 0.15) is 11.5 Å². The van der Waals surface area contributed by atoms with Crippen LogP contribution in [0.5, 0.6) is 11.5 Å². The highest BCUT2D eigenvalue weighted by Gasteiger charge is 2.28. The van der Waals surface area contributed by atoms with Gasteiger partial charge in [0.05, 0.1) is 20.3 Å². The normalized spacial score (nSPS) is 20.3. The number of nitrogens with one attached hydrogen (secondary N) is 1. The highest BCUT2D eigenvalue weighted by Crippen LogP contribution is 2.40. The van der Waals surface area contributed by atoms with Crippen LogP contribution in [-0.2, 0) is 6.42 Å². The Bertz CT molecular complexity index is 639. The molecule has 0 radical (unpaired) electrons. The summed E-state index contributed by atoms with van der Waals surface area (Å²) < 4.78 is 10.8. The Balaban J connectivity index is 1.97. The molecule has 21 heavy (non-hydrogen) atoms. The summed E-state index contributed by atoms with van der Waals surface area (Å²) in [6.07, 6.45) is 1.07. The average molecular weight is 283 g/mol. The molecule has 3 heteroatoms. The third-order valence-corrected chi connectivity index (χ3v) is 4.21. The molecule has 3 nitrogen and oxygen atoms in total. The maximum atomic E-state index is 5.56. The first kappa shape index (κ1) is 13.8. The molecule has 2 aromatic carbocycles. The number of methoxy groups -OCH3 is 2. The molecule has 0 bridgehead atoms. The zero-order chi connectivity index (χ0) is 14.8. The van der Waals surface area contributed by atoms with E-state index in [2.05, 4.69) is 42.6 Å². The summed E-state index contributed by atoms with van der Waals surface area (Å²) in [5.41, 5.74) is 3.78. The fourth-order valence-corrected chi connectivity index (χ4v) is 3.07. The van der Waals surface area contributed by atoms with E-state index < -0.39 is 0 Å². The van der Waals surface area contributed by atoms with E-state index in [4.69, 9.17) is 9.47 Å². The zero-order valence-electron chi connectivity index (χ0n) is 12.7. The number of rotatable bonds is 3. The molecule has 1 heterocycles. The standard InChI is InChI=1S/C18H21NO2/c1-12-10-13-6-4-5-7-16(13)19-18(12)15-9-8-14(20-2)11-17(15)21-3/h4-9,11-12,18-19H,10H2,1-3H3. The molecule has 0 fully saturated rings. The van der Waals surface area contributed by atoms with Gasteiger partial charge in [-0.25, -0.2) is 0 Å². The van der Waals surface area contributed by atoms with Crippen LogP contribution in [-0.4, -0.2) is 14.2 Å². The number of hydrogen-bond donors (Lipinski definition) is 1. The van der Waals surface area contributed by atoms with Crippen LogP contribution in [0.25, 0.3) is 0 Å². The van der Waals surface area contributed by atoms with Crippen LogP contribution in [0.3, 0.4) is 0 Å². The number of hydrogen-bond acceptors (Lipinski definition) is 3. The molecule has 1 aliphatic heterocycles. The van der Waals surface area contributed by atoms with Crippen molar-refractivity contribution in [2.75, 3.05) is 19.5 Å². The van der Waals surface area contributed by atoms with E-state index in [1.165, 1.54) is 16.8 Å². The first-order valence-corrected chi connectivity index (χ1v) is 7.29. The molecule has 2 atom stereocenters. The molecule has 110 valence electrons. The Morgan fingerprint density at radius 1 is 1.05 bits per heavy atom. The van der Waals surface area contributed by atoms with Crippen molar-refractivity contribution in [1.82, 2.24) is 0 Å². The Hall–Kier alpha value is -2.16. The molecule has 3 rings (SSSR count). The molecule has 0 saturated carbocycles. The first-order valence-electron chi connectivity index (χ1n) is 7.29. The lowest BCUT2D eigenvalue weighted by molar-refractivity contribution is 0.381. The second-order valence-electron chi connectivity index (χ2n) is 5.57. The van der Waals surface area contributed by atoms with Crippen molar-refractivity contribution in [3.63, 3.8) is 0 Å². The van der Waals surface area contributed by atoms with Crippen LogP contribution in [0.4, 0.5) is 5.69 Å². The Morgan fingerprint density at radius 2 is 1.86 bits per heavy atom. The predicted octanol–water partition coefficient (Wildman–Crippen LogP) is 4.05. The minimum atomic E-state index is 0.251. The van der Waals surface area contributed by atoms with E-state index in [1.54, 1.807) is 14.2 Å². The van der Waals surface area contributed by atoms with Crippen LogP contribution >= 0.6 is 0 Å². The lowest BCUT2D eigenvalue weighted by Crippen LogP contribution is -2.26. The van der Waals surface area contributed by atoms with Gasteiger partial charge >= 0.3 is 0 Å². The number of anilines is 1. The highest BCUT2D eigenvalue weighted by molar-refractivity contribution is 5.57. The van der Waals surface area contributed by atoms with Gasteiger partial charge in [0.25, 0.3) is 0 Å². The summed E-state index contributed by atoms with van der Waals surface area (Å²) in [6, 6.07) is 14.8. The summed E-state index contributed by atoms with van der Waals surface area (Å²) in [5, 5.41) is 3.65. The maximum Gasteiger partial charge on any atom is 0.127 e. The first-order chi connectivity index (χ1) is 10.2. The van der Waals surface area contributed by atoms with Crippen molar-refractivity contribution in [2.45, 2.75) is 19.4 Å². The highest BCUT2D eigenvalue weighted by atomic mass is 16.5. The average Bonchev–Trinajstić information content (AvgIpc) is 2.53. The number of ether oxygens (including phenoxy) is 2. The number of fused-ring (bicyclic) bond motifs is 1. The lowest BCUT2D eigenvalue weighted by Gasteiger charge is -2.33. The van der Waals surface area contributed by atoms with Gasteiger partial charge in [-0.15, -0.1) is 0 Å². The minimum absolute atomic E-state index is 0.251. The number of benzene rings is 2. The molecule has 0 amide bonds. The molecule has 2 unspecified atom stereocenters. The predicted molar refractivity (Wildman–Crippen MR) is 85.2 cm³/mol. The van der Waals surface area contributed by atoms with E-state index in [1.807, 2.05) is 12.1 Å². The summed E-state index contributed by atoms with van der Waals surface area (Å²) in [5.74, 6) is 2.19. The van der Waals surface area contributed by atoms with Crippen LogP contribution < -0.4 is 14.8 Å². The summed E-state index contributed by atoms with van der Waals surface area (Å²) >= 11 is 0. The van der Waals surface area contributed by atoms with Gasteiger partial charge in [-0.3, -0.25) is 0 Å².